The molecule has 0 spiro atoms. The van der Waals surface area contributed by atoms with E-state index in [-0.39, 0.29) is 0 Å². The largest absolute Gasteiger partial charge is 0.492 e. The number of furan rings is 1. The van der Waals surface area contributed by atoms with E-state index >= 15 is 0 Å². The summed E-state index contributed by atoms with van der Waals surface area (Å²) in [7, 11) is 0. The van der Waals surface area contributed by atoms with Gasteiger partial charge in [0.25, 0.3) is 0 Å². The molecule has 0 saturated carbocycles. The summed E-state index contributed by atoms with van der Waals surface area (Å²) >= 11 is 3.50. The molecule has 0 aliphatic rings. The van der Waals surface area contributed by atoms with Gasteiger partial charge in [-0.05, 0) is 35.7 Å². The van der Waals surface area contributed by atoms with E-state index in [1.165, 1.54) is 5.56 Å². The number of halogens is 1. The van der Waals surface area contributed by atoms with Crippen LogP contribution in [0.15, 0.2) is 45.7 Å². The van der Waals surface area contributed by atoms with Crippen LogP contribution in [0.3, 0.4) is 0 Å². The predicted octanol–water partition coefficient (Wildman–Crippen LogP) is 4.33. The Balaban J connectivity index is 1.79. The van der Waals surface area contributed by atoms with Crippen molar-refractivity contribution in [1.82, 2.24) is 5.32 Å². The molecule has 1 aromatic carbocycles. The van der Waals surface area contributed by atoms with E-state index in [0.29, 0.717) is 12.5 Å². The molecule has 0 atom stereocenters. The van der Waals surface area contributed by atoms with E-state index in [2.05, 4.69) is 41.2 Å². The molecule has 1 N–H and O–H groups in total. The van der Waals surface area contributed by atoms with Gasteiger partial charge >= 0.3 is 0 Å². The molecule has 0 aliphatic carbocycles. The molecule has 0 unspecified atom stereocenters. The Morgan fingerprint density at radius 1 is 1.30 bits per heavy atom. The van der Waals surface area contributed by atoms with Gasteiger partial charge in [-0.2, -0.15) is 0 Å². The highest BCUT2D eigenvalue weighted by molar-refractivity contribution is 9.10. The first-order valence-corrected chi connectivity index (χ1v) is 7.60. The molecule has 1 heterocycles. The lowest BCUT2D eigenvalue weighted by Crippen LogP contribution is -2.20. The Labute approximate surface area is 128 Å². The number of rotatable bonds is 7. The average Bonchev–Trinajstić information content (AvgIpc) is 2.92. The topological polar surface area (TPSA) is 34.4 Å². The highest BCUT2D eigenvalue weighted by Gasteiger charge is 2.08. The fourth-order valence-electron chi connectivity index (χ4n) is 1.96. The zero-order valence-electron chi connectivity index (χ0n) is 11.9. The molecule has 1 aromatic heterocycles. The second-order valence-corrected chi connectivity index (χ2v) is 5.91. The van der Waals surface area contributed by atoms with Gasteiger partial charge in [-0.3, -0.25) is 0 Å². The monoisotopic (exact) mass is 337 g/mol. The second kappa shape index (κ2) is 7.50. The van der Waals surface area contributed by atoms with Gasteiger partial charge < -0.3 is 14.5 Å². The molecule has 0 bridgehead atoms. The van der Waals surface area contributed by atoms with E-state index in [1.807, 2.05) is 18.2 Å². The Morgan fingerprint density at radius 2 is 2.15 bits per heavy atom. The lowest BCUT2D eigenvalue weighted by Gasteiger charge is -2.14. The molecule has 0 amide bonds. The van der Waals surface area contributed by atoms with Crippen molar-refractivity contribution in [3.05, 3.63) is 52.4 Å². The van der Waals surface area contributed by atoms with Crippen molar-refractivity contribution in [2.24, 2.45) is 0 Å². The van der Waals surface area contributed by atoms with Gasteiger partial charge in [-0.1, -0.05) is 29.8 Å². The Hall–Kier alpha value is -1.26. The summed E-state index contributed by atoms with van der Waals surface area (Å²) in [5.74, 6) is 1.41. The minimum Gasteiger partial charge on any atom is -0.492 e. The third-order valence-corrected chi connectivity index (χ3v) is 3.53. The highest BCUT2D eigenvalue weighted by atomic mass is 79.9. The minimum atomic E-state index is 0.446. The smallest absolute Gasteiger partial charge is 0.122 e. The van der Waals surface area contributed by atoms with Crippen molar-refractivity contribution in [1.29, 1.82) is 0 Å². The third kappa shape index (κ3) is 4.39. The molecular formula is C16H20BrNO2. The number of hydrogen-bond acceptors (Lipinski definition) is 3. The lowest BCUT2D eigenvalue weighted by atomic mass is 10.0. The lowest BCUT2D eigenvalue weighted by molar-refractivity contribution is 0.309. The highest BCUT2D eigenvalue weighted by Crippen LogP contribution is 2.29. The minimum absolute atomic E-state index is 0.446. The van der Waals surface area contributed by atoms with E-state index in [0.717, 1.165) is 28.9 Å². The quantitative estimate of drug-likeness (QED) is 0.763. The van der Waals surface area contributed by atoms with Crippen LogP contribution in [-0.2, 0) is 6.54 Å². The van der Waals surface area contributed by atoms with Crippen molar-refractivity contribution < 1.29 is 9.15 Å². The zero-order chi connectivity index (χ0) is 14.4. The predicted molar refractivity (Wildman–Crippen MR) is 84.1 cm³/mol. The summed E-state index contributed by atoms with van der Waals surface area (Å²) in [5, 5.41) is 3.32. The number of hydrogen-bond donors (Lipinski definition) is 1. The van der Waals surface area contributed by atoms with Crippen molar-refractivity contribution in [2.75, 3.05) is 13.2 Å². The fourth-order valence-corrected chi connectivity index (χ4v) is 2.34. The molecule has 0 fully saturated rings. The first-order chi connectivity index (χ1) is 9.66. The van der Waals surface area contributed by atoms with Gasteiger partial charge in [0, 0.05) is 23.1 Å². The SMILES string of the molecule is CC(C)c1cc(Br)ccc1OCCNCc1ccoc1. The molecule has 3 nitrogen and oxygen atoms in total. The summed E-state index contributed by atoms with van der Waals surface area (Å²) in [6.45, 7) is 6.60. The standard InChI is InChI=1S/C16H20BrNO2/c1-12(2)15-9-14(17)3-4-16(15)20-8-6-18-10-13-5-7-19-11-13/h3-5,7,9,11-12,18H,6,8,10H2,1-2H3. The zero-order valence-corrected chi connectivity index (χ0v) is 13.4. The van der Waals surface area contributed by atoms with Crippen LogP contribution in [0.5, 0.6) is 5.75 Å². The normalized spacial score (nSPS) is 11.0. The molecular weight excluding hydrogens is 318 g/mol. The van der Waals surface area contributed by atoms with Crippen LogP contribution >= 0.6 is 15.9 Å². The van der Waals surface area contributed by atoms with Gasteiger partial charge in [0.1, 0.15) is 12.4 Å². The summed E-state index contributed by atoms with van der Waals surface area (Å²) in [6.07, 6.45) is 3.43. The summed E-state index contributed by atoms with van der Waals surface area (Å²) in [6, 6.07) is 8.12. The van der Waals surface area contributed by atoms with Crippen LogP contribution in [-0.4, -0.2) is 13.2 Å². The van der Waals surface area contributed by atoms with E-state index < -0.39 is 0 Å². The second-order valence-electron chi connectivity index (χ2n) is 4.99. The van der Waals surface area contributed by atoms with Crippen LogP contribution in [0.25, 0.3) is 0 Å². The number of nitrogens with one attached hydrogen (secondary N) is 1. The van der Waals surface area contributed by atoms with E-state index in [1.54, 1.807) is 12.5 Å². The summed E-state index contributed by atoms with van der Waals surface area (Å²) in [4.78, 5) is 0. The number of ether oxygens (including phenoxy) is 1. The van der Waals surface area contributed by atoms with Crippen molar-refractivity contribution in [2.45, 2.75) is 26.3 Å². The molecule has 2 rings (SSSR count). The van der Waals surface area contributed by atoms with Gasteiger partial charge in [0.05, 0.1) is 12.5 Å². The third-order valence-electron chi connectivity index (χ3n) is 3.04. The first-order valence-electron chi connectivity index (χ1n) is 6.81. The molecule has 4 heteroatoms. The van der Waals surface area contributed by atoms with Crippen LogP contribution < -0.4 is 10.1 Å². The molecule has 20 heavy (non-hydrogen) atoms. The maximum atomic E-state index is 5.87. The van der Waals surface area contributed by atoms with Crippen molar-refractivity contribution in [3.63, 3.8) is 0 Å². The van der Waals surface area contributed by atoms with Crippen molar-refractivity contribution >= 4 is 15.9 Å². The summed E-state index contributed by atoms with van der Waals surface area (Å²) in [5.41, 5.74) is 2.38. The number of benzene rings is 1. The molecule has 0 saturated heterocycles. The first kappa shape index (κ1) is 15.1. The van der Waals surface area contributed by atoms with Gasteiger partial charge in [-0.25, -0.2) is 0 Å². The Morgan fingerprint density at radius 3 is 2.85 bits per heavy atom. The average molecular weight is 338 g/mol. The molecule has 108 valence electrons. The van der Waals surface area contributed by atoms with Crippen molar-refractivity contribution in [3.8, 4) is 5.75 Å². The van der Waals surface area contributed by atoms with Crippen LogP contribution in [0.1, 0.15) is 30.9 Å². The van der Waals surface area contributed by atoms with Gasteiger partial charge in [0.15, 0.2) is 0 Å². The van der Waals surface area contributed by atoms with Crippen LogP contribution in [0, 0.1) is 0 Å². The Kier molecular flexibility index (Phi) is 5.68. The van der Waals surface area contributed by atoms with Crippen LogP contribution in [0.4, 0.5) is 0 Å². The fraction of sp³-hybridized carbons (Fsp3) is 0.375. The van der Waals surface area contributed by atoms with E-state index in [4.69, 9.17) is 9.15 Å². The maximum Gasteiger partial charge on any atom is 0.122 e. The van der Waals surface area contributed by atoms with E-state index in [9.17, 15) is 0 Å². The van der Waals surface area contributed by atoms with Gasteiger partial charge in [-0.15, -0.1) is 0 Å². The van der Waals surface area contributed by atoms with Gasteiger partial charge in [0.2, 0.25) is 0 Å². The Bertz CT molecular complexity index is 523. The van der Waals surface area contributed by atoms with Crippen LogP contribution in [0.2, 0.25) is 0 Å². The molecule has 0 aliphatic heterocycles. The maximum absolute atomic E-state index is 5.87. The molecule has 0 radical (unpaired) electrons. The summed E-state index contributed by atoms with van der Waals surface area (Å²) < 4.78 is 12.0. The molecule has 2 aromatic rings.